The molecule has 328 valence electrons. The number of amides is 2. The molecule has 2 aromatic carbocycles. The number of carbonyl (C=O) groups is 2. The highest BCUT2D eigenvalue weighted by Crippen LogP contribution is 2.36. The summed E-state index contributed by atoms with van der Waals surface area (Å²) < 4.78 is 26.8. The third kappa shape index (κ3) is 8.18. The molecule has 19 nitrogen and oxygen atoms in total. The number of rotatable bonds is 12. The molecule has 4 fully saturated rings. The predicted octanol–water partition coefficient (Wildman–Crippen LogP) is 5.26. The zero-order valence-corrected chi connectivity index (χ0v) is 35.5. The van der Waals surface area contributed by atoms with Crippen molar-refractivity contribution in [3.8, 4) is 22.8 Å². The van der Waals surface area contributed by atoms with E-state index in [0.717, 1.165) is 91.0 Å². The molecule has 6 aromatic rings. The maximum atomic E-state index is 13.1. The Hall–Kier alpha value is -6.44. The van der Waals surface area contributed by atoms with Crippen LogP contribution >= 0.6 is 0 Å². The molecule has 0 saturated carbocycles. The summed E-state index contributed by atoms with van der Waals surface area (Å²) >= 11 is 0. The third-order valence-electron chi connectivity index (χ3n) is 12.2. The van der Waals surface area contributed by atoms with Gasteiger partial charge in [0.1, 0.15) is 24.3 Å². The van der Waals surface area contributed by atoms with Gasteiger partial charge in [0.05, 0.1) is 60.7 Å². The van der Waals surface area contributed by atoms with Crippen molar-refractivity contribution < 1.29 is 33.6 Å². The van der Waals surface area contributed by atoms with Crippen molar-refractivity contribution in [2.75, 3.05) is 66.5 Å². The summed E-state index contributed by atoms with van der Waals surface area (Å²) in [6.45, 7) is 7.47. The second-order valence-corrected chi connectivity index (χ2v) is 16.6. The summed E-state index contributed by atoms with van der Waals surface area (Å²) in [7, 11) is 1.62. The van der Waals surface area contributed by atoms with E-state index >= 15 is 0 Å². The lowest BCUT2D eigenvalue weighted by Crippen LogP contribution is -2.43. The molecule has 5 unspecified atom stereocenters. The van der Waals surface area contributed by atoms with Crippen molar-refractivity contribution in [2.45, 2.75) is 83.1 Å². The molecule has 19 heteroatoms. The molecular formula is C44H50N12O7. The molecule has 0 aliphatic carbocycles. The standard InChI is InChI=1S/C44H50N12O7/c1-4-55-41-35(19-45-55)39(53-21-31-13-14-32(22-53)62-31)49-38(50-41)28-7-11-30(12-8-28)52(3)44(59)60-25-26(2)61-43(58)47-29-9-5-27(6-10-29)37-48-40(54-23-33-15-16-34(24-54)63-33)36-20-46-56(17-18-57)42(36)51-37/h5-12,19-20,26,31-34,57H,4,13-18,21-25H2,1-3H3,(H,47,58). The van der Waals surface area contributed by atoms with E-state index in [1.165, 1.54) is 4.90 Å². The van der Waals surface area contributed by atoms with Crippen molar-refractivity contribution in [3.63, 3.8) is 0 Å². The molecule has 63 heavy (non-hydrogen) atoms. The van der Waals surface area contributed by atoms with Gasteiger partial charge in [-0.3, -0.25) is 10.2 Å². The molecule has 4 saturated heterocycles. The molecule has 8 heterocycles. The number of nitrogens with zero attached hydrogens (tertiary/aromatic N) is 11. The van der Waals surface area contributed by atoms with Crippen LogP contribution in [0.3, 0.4) is 0 Å². The van der Waals surface area contributed by atoms with Gasteiger partial charge in [0, 0.05) is 62.3 Å². The molecular weight excluding hydrogens is 809 g/mol. The number of aryl methyl sites for hydroxylation is 1. The monoisotopic (exact) mass is 858 g/mol. The number of benzene rings is 2. The summed E-state index contributed by atoms with van der Waals surface area (Å²) in [6.07, 6.45) is 6.48. The third-order valence-corrected chi connectivity index (χ3v) is 12.2. The van der Waals surface area contributed by atoms with Crippen LogP contribution in [0.2, 0.25) is 0 Å². The number of hydrogen-bond acceptors (Lipinski definition) is 15. The van der Waals surface area contributed by atoms with E-state index in [1.807, 2.05) is 54.2 Å². The van der Waals surface area contributed by atoms with Crippen LogP contribution in [0.5, 0.6) is 0 Å². The number of anilines is 4. The van der Waals surface area contributed by atoms with Gasteiger partial charge in [-0.2, -0.15) is 10.2 Å². The molecule has 4 aromatic heterocycles. The molecule has 5 atom stereocenters. The van der Waals surface area contributed by atoms with E-state index in [1.54, 1.807) is 37.0 Å². The molecule has 0 radical (unpaired) electrons. The molecule has 4 bridgehead atoms. The fraction of sp³-hybridized carbons (Fsp3) is 0.455. The Kier molecular flexibility index (Phi) is 11.0. The maximum absolute atomic E-state index is 13.1. The number of fused-ring (bicyclic) bond motifs is 6. The minimum absolute atomic E-state index is 0.0725. The first-order valence-electron chi connectivity index (χ1n) is 21.7. The van der Waals surface area contributed by atoms with E-state index in [2.05, 4.69) is 25.3 Å². The molecule has 4 aliphatic rings. The van der Waals surface area contributed by atoms with Gasteiger partial charge < -0.3 is 33.9 Å². The Morgan fingerprint density at radius 1 is 0.778 bits per heavy atom. The average molecular weight is 859 g/mol. The van der Waals surface area contributed by atoms with Crippen LogP contribution in [-0.2, 0) is 32.0 Å². The first-order chi connectivity index (χ1) is 30.7. The first kappa shape index (κ1) is 40.6. The normalized spacial score (nSPS) is 21.0. The van der Waals surface area contributed by atoms with Gasteiger partial charge in [0.25, 0.3) is 0 Å². The van der Waals surface area contributed by atoms with Crippen LogP contribution in [0.4, 0.5) is 32.6 Å². The highest BCUT2D eigenvalue weighted by molar-refractivity contribution is 5.91. The zero-order valence-electron chi connectivity index (χ0n) is 35.5. The summed E-state index contributed by atoms with van der Waals surface area (Å²) in [6, 6.07) is 14.5. The summed E-state index contributed by atoms with van der Waals surface area (Å²) in [4.78, 5) is 51.7. The van der Waals surface area contributed by atoms with Crippen LogP contribution in [0, 0.1) is 0 Å². The van der Waals surface area contributed by atoms with Crippen molar-refractivity contribution in [1.82, 2.24) is 39.5 Å². The Labute approximate surface area is 362 Å². The maximum Gasteiger partial charge on any atom is 0.414 e. The minimum Gasteiger partial charge on any atom is -0.445 e. The molecule has 0 spiro atoms. The average Bonchev–Trinajstić information content (AvgIpc) is 4.09. The molecule has 2 N–H and O–H groups in total. The summed E-state index contributed by atoms with van der Waals surface area (Å²) in [5, 5.41) is 23.2. The van der Waals surface area contributed by atoms with E-state index in [0.29, 0.717) is 41.8 Å². The van der Waals surface area contributed by atoms with Crippen molar-refractivity contribution >= 4 is 57.3 Å². The zero-order chi connectivity index (χ0) is 43.2. The largest absolute Gasteiger partial charge is 0.445 e. The first-order valence-corrected chi connectivity index (χ1v) is 21.7. The SMILES string of the molecule is CCn1ncc2c(N3CC4CCC(C3)O4)nc(-c3ccc(N(C)C(=O)OCC(C)OC(=O)Nc4ccc(-c5nc(N6CC7CCC(C6)O7)c6cnn(CCO)c6n5)cc4)cc3)nc21. The van der Waals surface area contributed by atoms with Crippen molar-refractivity contribution in [2.24, 2.45) is 0 Å². The number of aliphatic hydroxyl groups excluding tert-OH is 1. The Morgan fingerprint density at radius 3 is 1.81 bits per heavy atom. The Balaban J connectivity index is 0.749. The van der Waals surface area contributed by atoms with Crippen molar-refractivity contribution in [1.29, 1.82) is 0 Å². The van der Waals surface area contributed by atoms with E-state index < -0.39 is 18.3 Å². The van der Waals surface area contributed by atoms with Crippen LogP contribution in [0.1, 0.15) is 39.5 Å². The van der Waals surface area contributed by atoms with Crippen LogP contribution in [0.15, 0.2) is 60.9 Å². The fourth-order valence-electron chi connectivity index (χ4n) is 8.98. The second kappa shape index (κ2) is 17.0. The topological polar surface area (TPSA) is 200 Å². The van der Waals surface area contributed by atoms with Crippen molar-refractivity contribution in [3.05, 3.63) is 60.9 Å². The van der Waals surface area contributed by atoms with E-state index in [-0.39, 0.29) is 37.6 Å². The summed E-state index contributed by atoms with van der Waals surface area (Å²) in [5.74, 6) is 2.71. The number of aromatic nitrogens is 8. The number of hydrogen-bond donors (Lipinski definition) is 2. The highest BCUT2D eigenvalue weighted by Gasteiger charge is 2.37. The molecule has 10 rings (SSSR count). The summed E-state index contributed by atoms with van der Waals surface area (Å²) in [5.41, 5.74) is 4.05. The van der Waals surface area contributed by atoms with Crippen LogP contribution < -0.4 is 20.0 Å². The van der Waals surface area contributed by atoms with Gasteiger partial charge in [0.2, 0.25) is 0 Å². The van der Waals surface area contributed by atoms with Crippen LogP contribution in [0.25, 0.3) is 44.8 Å². The quantitative estimate of drug-likeness (QED) is 0.161. The number of nitrogens with one attached hydrogen (secondary N) is 1. The van der Waals surface area contributed by atoms with Gasteiger partial charge in [-0.15, -0.1) is 0 Å². The Morgan fingerprint density at radius 2 is 1.29 bits per heavy atom. The number of morpholine rings is 2. The number of carbonyl (C=O) groups excluding carboxylic acids is 2. The lowest BCUT2D eigenvalue weighted by Gasteiger charge is -2.33. The lowest BCUT2D eigenvalue weighted by molar-refractivity contribution is 0.0301. The van der Waals surface area contributed by atoms with Gasteiger partial charge in [-0.1, -0.05) is 0 Å². The smallest absolute Gasteiger partial charge is 0.414 e. The Bertz CT molecular complexity index is 2610. The van der Waals surface area contributed by atoms with Gasteiger partial charge >= 0.3 is 12.2 Å². The number of aliphatic hydroxyl groups is 1. The van der Waals surface area contributed by atoms with Crippen LogP contribution in [-0.4, -0.2) is 134 Å². The van der Waals surface area contributed by atoms with Gasteiger partial charge in [-0.05, 0) is 88.1 Å². The second-order valence-electron chi connectivity index (χ2n) is 16.6. The predicted molar refractivity (Wildman–Crippen MR) is 234 cm³/mol. The van der Waals surface area contributed by atoms with Gasteiger partial charge in [0.15, 0.2) is 22.9 Å². The van der Waals surface area contributed by atoms with E-state index in [4.69, 9.17) is 38.9 Å². The molecule has 4 aliphatic heterocycles. The minimum atomic E-state index is -0.735. The highest BCUT2D eigenvalue weighted by atomic mass is 16.6. The lowest BCUT2D eigenvalue weighted by atomic mass is 10.1. The number of ether oxygens (including phenoxy) is 4. The molecule has 2 amide bonds. The van der Waals surface area contributed by atoms with Gasteiger partial charge in [-0.25, -0.2) is 38.9 Å². The fourth-order valence-corrected chi connectivity index (χ4v) is 8.98. The van der Waals surface area contributed by atoms with E-state index in [9.17, 15) is 14.7 Å².